The minimum atomic E-state index is 0.0795. The molecule has 0 aliphatic carbocycles. The molecule has 0 unspecified atom stereocenters. The molecular formula is C23H21Cl2N7O. The second kappa shape index (κ2) is 8.88. The van der Waals surface area contributed by atoms with Gasteiger partial charge in [0, 0.05) is 41.8 Å². The fraction of sp³-hybridized carbons (Fsp3) is 0.217. The molecule has 3 N–H and O–H groups in total. The van der Waals surface area contributed by atoms with Crippen LogP contribution in [0.4, 0.5) is 11.8 Å². The van der Waals surface area contributed by atoms with Crippen molar-refractivity contribution < 1.29 is 4.79 Å². The minimum absolute atomic E-state index is 0.0795. The quantitative estimate of drug-likeness (QED) is 0.459. The smallest absolute Gasteiger partial charge is 0.227 e. The molecule has 0 atom stereocenters. The molecule has 1 amide bonds. The third-order valence-corrected chi connectivity index (χ3v) is 6.13. The molecule has 33 heavy (non-hydrogen) atoms. The third-order valence-electron chi connectivity index (χ3n) is 5.64. The van der Waals surface area contributed by atoms with Crippen molar-refractivity contribution >= 4 is 52.0 Å². The van der Waals surface area contributed by atoms with E-state index in [1.54, 1.807) is 6.07 Å². The number of H-pyrrole nitrogens is 1. The first-order valence-corrected chi connectivity index (χ1v) is 11.3. The van der Waals surface area contributed by atoms with Gasteiger partial charge in [-0.2, -0.15) is 9.97 Å². The van der Waals surface area contributed by atoms with Crippen LogP contribution in [0.2, 0.25) is 10.0 Å². The topological polar surface area (TPSA) is 104 Å². The van der Waals surface area contributed by atoms with Gasteiger partial charge in [0.05, 0.1) is 6.42 Å². The Morgan fingerprint density at radius 1 is 0.970 bits per heavy atom. The molecule has 0 spiro atoms. The lowest BCUT2D eigenvalue weighted by Crippen LogP contribution is -2.49. The highest BCUT2D eigenvalue weighted by Gasteiger charge is 2.25. The number of nitrogen functional groups attached to an aromatic ring is 1. The van der Waals surface area contributed by atoms with Gasteiger partial charge < -0.3 is 20.5 Å². The number of aromatic nitrogens is 4. The van der Waals surface area contributed by atoms with E-state index in [9.17, 15) is 4.79 Å². The molecule has 2 aromatic heterocycles. The molecular weight excluding hydrogens is 461 g/mol. The summed E-state index contributed by atoms with van der Waals surface area (Å²) in [6.07, 6.45) is 0.330. The average Bonchev–Trinajstić information content (AvgIpc) is 3.23. The van der Waals surface area contributed by atoms with Crippen LogP contribution in [0.5, 0.6) is 0 Å². The monoisotopic (exact) mass is 481 g/mol. The largest absolute Gasteiger partial charge is 0.368 e. The second-order valence-corrected chi connectivity index (χ2v) is 8.74. The summed E-state index contributed by atoms with van der Waals surface area (Å²) in [5, 5.41) is 1.29. The van der Waals surface area contributed by atoms with Gasteiger partial charge in [0.25, 0.3) is 0 Å². The Kier molecular flexibility index (Phi) is 5.78. The lowest BCUT2D eigenvalue weighted by molar-refractivity contribution is -0.130. The summed E-state index contributed by atoms with van der Waals surface area (Å²) in [5.41, 5.74) is 8.99. The van der Waals surface area contributed by atoms with Crippen LogP contribution in [-0.4, -0.2) is 56.9 Å². The number of nitrogens with one attached hydrogen (secondary N) is 1. The zero-order valence-electron chi connectivity index (χ0n) is 17.6. The number of imidazole rings is 1. The van der Waals surface area contributed by atoms with E-state index in [2.05, 4.69) is 24.8 Å². The van der Waals surface area contributed by atoms with Crippen molar-refractivity contribution in [1.82, 2.24) is 24.8 Å². The summed E-state index contributed by atoms with van der Waals surface area (Å²) >= 11 is 12.0. The average molecular weight is 482 g/mol. The Morgan fingerprint density at radius 3 is 2.45 bits per heavy atom. The summed E-state index contributed by atoms with van der Waals surface area (Å²) < 4.78 is 0. The number of carbonyl (C=O) groups excluding carboxylic acids is 1. The first-order valence-electron chi connectivity index (χ1n) is 10.5. The predicted octanol–water partition coefficient (Wildman–Crippen LogP) is 3.80. The van der Waals surface area contributed by atoms with E-state index in [0.29, 0.717) is 65.5 Å². The highest BCUT2D eigenvalue weighted by atomic mass is 35.5. The van der Waals surface area contributed by atoms with Crippen LogP contribution in [0.3, 0.4) is 0 Å². The highest BCUT2D eigenvalue weighted by Crippen LogP contribution is 2.28. The van der Waals surface area contributed by atoms with E-state index in [0.717, 1.165) is 11.1 Å². The van der Waals surface area contributed by atoms with Gasteiger partial charge in [-0.25, -0.2) is 4.98 Å². The lowest BCUT2D eigenvalue weighted by Gasteiger charge is -2.35. The van der Waals surface area contributed by atoms with E-state index in [4.69, 9.17) is 28.9 Å². The number of nitrogens with two attached hydrogens (primary N) is 1. The number of benzene rings is 2. The Balaban J connectivity index is 1.33. The Labute approximate surface area is 200 Å². The van der Waals surface area contributed by atoms with Crippen LogP contribution < -0.4 is 10.6 Å². The van der Waals surface area contributed by atoms with Gasteiger partial charge in [0.1, 0.15) is 11.3 Å². The molecule has 0 bridgehead atoms. The molecule has 8 nitrogen and oxygen atoms in total. The summed E-state index contributed by atoms with van der Waals surface area (Å²) in [7, 11) is 0. The van der Waals surface area contributed by atoms with Crippen molar-refractivity contribution in [2.45, 2.75) is 6.42 Å². The van der Waals surface area contributed by atoms with E-state index in [1.807, 2.05) is 47.4 Å². The van der Waals surface area contributed by atoms with Crippen molar-refractivity contribution in [2.24, 2.45) is 0 Å². The van der Waals surface area contributed by atoms with Crippen LogP contribution >= 0.6 is 23.2 Å². The first kappa shape index (κ1) is 21.5. The van der Waals surface area contributed by atoms with Crippen molar-refractivity contribution in [1.29, 1.82) is 0 Å². The SMILES string of the molecule is Nc1nc(N2CCN(C(=O)Cc3cccc(Cl)c3)CC2)c2[nH]c(-c3ccc(Cl)cc3)nc2n1. The molecule has 3 heterocycles. The Hall–Kier alpha value is -3.36. The maximum Gasteiger partial charge on any atom is 0.227 e. The molecule has 10 heteroatoms. The van der Waals surface area contributed by atoms with Gasteiger partial charge in [0.15, 0.2) is 11.5 Å². The van der Waals surface area contributed by atoms with Crippen molar-refractivity contribution in [3.8, 4) is 11.4 Å². The number of halogens is 2. The maximum absolute atomic E-state index is 12.8. The molecule has 1 aliphatic rings. The molecule has 2 aromatic carbocycles. The summed E-state index contributed by atoms with van der Waals surface area (Å²) in [6, 6.07) is 14.8. The number of carbonyl (C=O) groups is 1. The zero-order valence-corrected chi connectivity index (χ0v) is 19.1. The Bertz CT molecular complexity index is 1310. The van der Waals surface area contributed by atoms with Crippen LogP contribution in [0.15, 0.2) is 48.5 Å². The molecule has 5 rings (SSSR count). The minimum Gasteiger partial charge on any atom is -0.368 e. The van der Waals surface area contributed by atoms with Gasteiger partial charge in [-0.3, -0.25) is 4.79 Å². The van der Waals surface area contributed by atoms with Gasteiger partial charge in [-0.15, -0.1) is 0 Å². The van der Waals surface area contributed by atoms with Crippen LogP contribution in [0.25, 0.3) is 22.6 Å². The number of hydrogen-bond donors (Lipinski definition) is 2. The second-order valence-electron chi connectivity index (χ2n) is 7.87. The third kappa shape index (κ3) is 4.58. The van der Waals surface area contributed by atoms with E-state index in [-0.39, 0.29) is 11.9 Å². The fourth-order valence-corrected chi connectivity index (χ4v) is 4.31. The number of fused-ring (bicyclic) bond motifs is 1. The molecule has 168 valence electrons. The van der Waals surface area contributed by atoms with Crippen molar-refractivity contribution in [3.05, 3.63) is 64.1 Å². The van der Waals surface area contributed by atoms with Gasteiger partial charge in [0.2, 0.25) is 11.9 Å². The number of nitrogens with zero attached hydrogens (tertiary/aromatic N) is 5. The lowest BCUT2D eigenvalue weighted by atomic mass is 10.1. The van der Waals surface area contributed by atoms with E-state index >= 15 is 0 Å². The summed E-state index contributed by atoms with van der Waals surface area (Å²) in [5.74, 6) is 1.59. The fourth-order valence-electron chi connectivity index (χ4n) is 3.97. The zero-order chi connectivity index (χ0) is 22.9. The maximum atomic E-state index is 12.8. The molecule has 1 saturated heterocycles. The van der Waals surface area contributed by atoms with E-state index in [1.165, 1.54) is 0 Å². The van der Waals surface area contributed by atoms with Crippen molar-refractivity contribution in [3.63, 3.8) is 0 Å². The number of anilines is 2. The first-order chi connectivity index (χ1) is 16.0. The molecule has 4 aromatic rings. The van der Waals surface area contributed by atoms with Gasteiger partial charge in [-0.05, 0) is 42.0 Å². The Morgan fingerprint density at radius 2 is 1.73 bits per heavy atom. The molecule has 1 fully saturated rings. The van der Waals surface area contributed by atoms with Gasteiger partial charge >= 0.3 is 0 Å². The number of aromatic amines is 1. The molecule has 0 saturated carbocycles. The van der Waals surface area contributed by atoms with Crippen molar-refractivity contribution in [2.75, 3.05) is 36.8 Å². The molecule has 0 radical (unpaired) electrons. The van der Waals surface area contributed by atoms with Gasteiger partial charge in [-0.1, -0.05) is 35.3 Å². The standard InChI is InChI=1S/C23H21Cl2N7O/c24-16-6-4-15(5-7-16)20-27-19-21(28-20)29-23(26)30-22(19)32-10-8-31(9-11-32)18(33)13-14-2-1-3-17(25)12-14/h1-7,12H,8-11,13H2,(H3,26,27,28,29,30). The van der Waals surface area contributed by atoms with Crippen LogP contribution in [-0.2, 0) is 11.2 Å². The van der Waals surface area contributed by atoms with Crippen LogP contribution in [0.1, 0.15) is 5.56 Å². The number of piperazine rings is 1. The molecule has 1 aliphatic heterocycles. The number of rotatable bonds is 4. The summed E-state index contributed by atoms with van der Waals surface area (Å²) in [4.78, 5) is 33.4. The number of amides is 1. The summed E-state index contributed by atoms with van der Waals surface area (Å²) in [6.45, 7) is 2.43. The van der Waals surface area contributed by atoms with E-state index < -0.39 is 0 Å². The number of hydrogen-bond acceptors (Lipinski definition) is 6. The highest BCUT2D eigenvalue weighted by molar-refractivity contribution is 6.30. The normalized spacial score (nSPS) is 14.1. The predicted molar refractivity (Wildman–Crippen MR) is 130 cm³/mol. The van der Waals surface area contributed by atoms with Crippen LogP contribution in [0, 0.1) is 0 Å².